The third kappa shape index (κ3) is 4.70. The number of carbonyl (C=O) groups excluding carboxylic acids is 1. The van der Waals surface area contributed by atoms with Gasteiger partial charge in [0.05, 0.1) is 4.88 Å². The topological polar surface area (TPSA) is 38.3 Å². The zero-order valence-corrected chi connectivity index (χ0v) is 15.5. The van der Waals surface area contributed by atoms with Crippen molar-refractivity contribution in [1.82, 2.24) is 5.32 Å². The van der Waals surface area contributed by atoms with Crippen molar-refractivity contribution in [2.45, 2.75) is 27.0 Å². The van der Waals surface area contributed by atoms with E-state index in [4.69, 9.17) is 4.74 Å². The molecule has 3 nitrogen and oxygen atoms in total. The van der Waals surface area contributed by atoms with E-state index in [1.807, 2.05) is 29.6 Å². The fourth-order valence-electron chi connectivity index (χ4n) is 2.41. The maximum absolute atomic E-state index is 12.9. The van der Waals surface area contributed by atoms with Gasteiger partial charge in [-0.05, 0) is 66.2 Å². The molecule has 0 bridgehead atoms. The summed E-state index contributed by atoms with van der Waals surface area (Å²) >= 11 is 1.38. The van der Waals surface area contributed by atoms with E-state index in [2.05, 4.69) is 19.2 Å². The lowest BCUT2D eigenvalue weighted by Gasteiger charge is -2.07. The van der Waals surface area contributed by atoms with Crippen molar-refractivity contribution in [2.24, 2.45) is 0 Å². The van der Waals surface area contributed by atoms with Crippen molar-refractivity contribution < 1.29 is 13.9 Å². The molecule has 0 spiro atoms. The van der Waals surface area contributed by atoms with Crippen LogP contribution in [0.15, 0.2) is 53.9 Å². The molecular formula is C21H20FNO2S. The minimum absolute atomic E-state index is 0.142. The average Bonchev–Trinajstić information content (AvgIpc) is 3.11. The monoisotopic (exact) mass is 369 g/mol. The van der Waals surface area contributed by atoms with Crippen LogP contribution in [0.1, 0.15) is 31.9 Å². The van der Waals surface area contributed by atoms with Gasteiger partial charge in [0.25, 0.3) is 5.91 Å². The fourth-order valence-corrected chi connectivity index (χ4v) is 3.23. The third-order valence-electron chi connectivity index (χ3n) is 4.13. The first kappa shape index (κ1) is 18.1. The van der Waals surface area contributed by atoms with Crippen LogP contribution in [0.4, 0.5) is 4.39 Å². The van der Waals surface area contributed by atoms with Gasteiger partial charge in [0, 0.05) is 12.1 Å². The summed E-state index contributed by atoms with van der Waals surface area (Å²) in [6.45, 7) is 4.90. The van der Waals surface area contributed by atoms with Crippen LogP contribution in [0.2, 0.25) is 0 Å². The molecule has 0 aliphatic rings. The number of benzene rings is 2. The van der Waals surface area contributed by atoms with Gasteiger partial charge in [-0.25, -0.2) is 4.39 Å². The first-order valence-electron chi connectivity index (χ1n) is 8.31. The Morgan fingerprint density at radius 1 is 1.04 bits per heavy atom. The van der Waals surface area contributed by atoms with E-state index in [9.17, 15) is 9.18 Å². The second-order valence-corrected chi connectivity index (χ2v) is 7.07. The lowest BCUT2D eigenvalue weighted by molar-refractivity contribution is 0.0955. The number of ether oxygens (including phenoxy) is 1. The summed E-state index contributed by atoms with van der Waals surface area (Å²) in [7, 11) is 0. The Kier molecular flexibility index (Phi) is 5.68. The van der Waals surface area contributed by atoms with Gasteiger partial charge in [-0.2, -0.15) is 0 Å². The third-order valence-corrected chi connectivity index (χ3v) is 5.11. The van der Waals surface area contributed by atoms with Gasteiger partial charge in [-0.3, -0.25) is 4.79 Å². The van der Waals surface area contributed by atoms with Crippen LogP contribution >= 0.6 is 11.3 Å². The van der Waals surface area contributed by atoms with E-state index in [1.165, 1.54) is 34.6 Å². The van der Waals surface area contributed by atoms with Crippen LogP contribution in [0.5, 0.6) is 5.75 Å². The molecule has 0 radical (unpaired) electrons. The first-order chi connectivity index (χ1) is 12.5. The lowest BCUT2D eigenvalue weighted by Crippen LogP contribution is -2.21. The molecule has 0 atom stereocenters. The molecule has 0 unspecified atom stereocenters. The molecule has 134 valence electrons. The molecule has 1 N–H and O–H groups in total. The average molecular weight is 369 g/mol. The fraction of sp³-hybridized carbons (Fsp3) is 0.190. The molecule has 0 fully saturated rings. The first-order valence-corrected chi connectivity index (χ1v) is 9.19. The minimum Gasteiger partial charge on any atom is -0.489 e. The van der Waals surface area contributed by atoms with Crippen LogP contribution in [-0.2, 0) is 13.2 Å². The van der Waals surface area contributed by atoms with Crippen molar-refractivity contribution in [1.29, 1.82) is 0 Å². The Labute approximate surface area is 156 Å². The second-order valence-electron chi connectivity index (χ2n) is 6.16. The Hall–Kier alpha value is -2.66. The smallest absolute Gasteiger partial charge is 0.261 e. The highest BCUT2D eigenvalue weighted by Gasteiger charge is 2.09. The Morgan fingerprint density at radius 3 is 2.54 bits per heavy atom. The number of hydrogen-bond acceptors (Lipinski definition) is 3. The highest BCUT2D eigenvalue weighted by Crippen LogP contribution is 2.20. The molecule has 1 aromatic heterocycles. The number of halogens is 1. The van der Waals surface area contributed by atoms with E-state index in [0.717, 1.165) is 16.9 Å². The Morgan fingerprint density at radius 2 is 1.81 bits per heavy atom. The lowest BCUT2D eigenvalue weighted by atomic mass is 10.1. The molecule has 0 saturated carbocycles. The molecule has 2 aromatic carbocycles. The number of thiophene rings is 1. The number of rotatable bonds is 6. The van der Waals surface area contributed by atoms with Gasteiger partial charge < -0.3 is 10.1 Å². The van der Waals surface area contributed by atoms with Crippen LogP contribution in [-0.4, -0.2) is 5.91 Å². The number of hydrogen-bond donors (Lipinski definition) is 1. The van der Waals surface area contributed by atoms with Gasteiger partial charge in [0.15, 0.2) is 0 Å². The molecule has 1 amide bonds. The minimum atomic E-state index is -0.285. The highest BCUT2D eigenvalue weighted by molar-refractivity contribution is 7.12. The summed E-state index contributed by atoms with van der Waals surface area (Å²) < 4.78 is 18.7. The summed E-state index contributed by atoms with van der Waals surface area (Å²) in [4.78, 5) is 12.9. The maximum atomic E-state index is 12.9. The van der Waals surface area contributed by atoms with Gasteiger partial charge in [-0.15, -0.1) is 11.3 Å². The molecule has 5 heteroatoms. The van der Waals surface area contributed by atoms with Crippen molar-refractivity contribution in [2.75, 3.05) is 0 Å². The van der Waals surface area contributed by atoms with Crippen LogP contribution in [0, 0.1) is 19.7 Å². The highest BCUT2D eigenvalue weighted by atomic mass is 32.1. The van der Waals surface area contributed by atoms with E-state index >= 15 is 0 Å². The predicted molar refractivity (Wildman–Crippen MR) is 102 cm³/mol. The molecular weight excluding hydrogens is 349 g/mol. The van der Waals surface area contributed by atoms with Gasteiger partial charge in [-0.1, -0.05) is 18.2 Å². The second kappa shape index (κ2) is 8.15. The van der Waals surface area contributed by atoms with Gasteiger partial charge in [0.1, 0.15) is 18.2 Å². The number of aryl methyl sites for hydroxylation is 2. The van der Waals surface area contributed by atoms with E-state index in [-0.39, 0.29) is 11.7 Å². The molecule has 0 saturated heterocycles. The molecule has 0 aliphatic heterocycles. The summed E-state index contributed by atoms with van der Waals surface area (Å²) in [6.07, 6.45) is 0. The SMILES string of the molecule is Cc1ccc(OCc2csc(C(=O)NCc3ccc(F)cc3)c2)cc1C. The Balaban J connectivity index is 1.54. The standard InChI is InChI=1S/C21H20FNO2S/c1-14-3-8-19(9-15(14)2)25-12-17-10-20(26-13-17)21(24)23-11-16-4-6-18(22)7-5-16/h3-10,13H,11-12H2,1-2H3,(H,23,24). The number of amides is 1. The largest absolute Gasteiger partial charge is 0.489 e. The van der Waals surface area contributed by atoms with Crippen molar-refractivity contribution in [3.05, 3.63) is 86.9 Å². The maximum Gasteiger partial charge on any atom is 0.261 e. The molecule has 3 aromatic rings. The molecule has 0 aliphatic carbocycles. The number of nitrogens with one attached hydrogen (secondary N) is 1. The van der Waals surface area contributed by atoms with Gasteiger partial charge in [0.2, 0.25) is 0 Å². The van der Waals surface area contributed by atoms with Crippen LogP contribution in [0.3, 0.4) is 0 Å². The Bertz CT molecular complexity index is 903. The van der Waals surface area contributed by atoms with E-state index in [1.54, 1.807) is 12.1 Å². The quantitative estimate of drug-likeness (QED) is 0.663. The molecule has 26 heavy (non-hydrogen) atoms. The molecule has 1 heterocycles. The zero-order valence-electron chi connectivity index (χ0n) is 14.7. The van der Waals surface area contributed by atoms with Crippen LogP contribution in [0.25, 0.3) is 0 Å². The summed E-state index contributed by atoms with van der Waals surface area (Å²) in [5.74, 6) is 0.394. The van der Waals surface area contributed by atoms with E-state index in [0.29, 0.717) is 18.0 Å². The van der Waals surface area contributed by atoms with Crippen molar-refractivity contribution >= 4 is 17.2 Å². The summed E-state index contributed by atoms with van der Waals surface area (Å²) in [6, 6.07) is 13.9. The van der Waals surface area contributed by atoms with Crippen LogP contribution < -0.4 is 10.1 Å². The van der Waals surface area contributed by atoms with Crippen molar-refractivity contribution in [3.63, 3.8) is 0 Å². The zero-order chi connectivity index (χ0) is 18.5. The van der Waals surface area contributed by atoms with Crippen molar-refractivity contribution in [3.8, 4) is 5.75 Å². The summed E-state index contributed by atoms with van der Waals surface area (Å²) in [5, 5.41) is 4.77. The summed E-state index contributed by atoms with van der Waals surface area (Å²) in [5.41, 5.74) is 4.23. The van der Waals surface area contributed by atoms with Gasteiger partial charge >= 0.3 is 0 Å². The number of carbonyl (C=O) groups is 1. The normalized spacial score (nSPS) is 10.6. The molecule has 3 rings (SSSR count). The van der Waals surface area contributed by atoms with E-state index < -0.39 is 0 Å². The predicted octanol–water partition coefficient (Wildman–Crippen LogP) is 5.01.